The van der Waals surface area contributed by atoms with Crippen LogP contribution in [-0.2, 0) is 11.2 Å². The van der Waals surface area contributed by atoms with E-state index in [0.29, 0.717) is 12.8 Å². The summed E-state index contributed by atoms with van der Waals surface area (Å²) in [6, 6.07) is 17.6. The molecule has 0 spiro atoms. The van der Waals surface area contributed by atoms with E-state index in [1.54, 1.807) is 12.4 Å². The normalized spacial score (nSPS) is 11.9. The van der Waals surface area contributed by atoms with Gasteiger partial charge in [-0.15, -0.1) is 0 Å². The summed E-state index contributed by atoms with van der Waals surface area (Å²) in [5.74, 6) is 1.65. The summed E-state index contributed by atoms with van der Waals surface area (Å²) in [5, 5.41) is 2.98. The lowest BCUT2D eigenvalue weighted by molar-refractivity contribution is -0.121. The van der Waals surface area contributed by atoms with Crippen molar-refractivity contribution in [1.29, 1.82) is 0 Å². The third-order valence-corrected chi connectivity index (χ3v) is 3.88. The molecule has 0 radical (unpaired) electrons. The Hall–Kier alpha value is -2.88. The molecule has 4 nitrogen and oxygen atoms in total. The number of hydrogen-bond acceptors (Lipinski definition) is 3. The van der Waals surface area contributed by atoms with Gasteiger partial charge in [0.25, 0.3) is 0 Å². The Balaban J connectivity index is 1.53. The van der Waals surface area contributed by atoms with Crippen molar-refractivity contribution in [2.75, 3.05) is 0 Å². The van der Waals surface area contributed by atoms with Crippen molar-refractivity contribution < 1.29 is 9.21 Å². The number of nitrogens with zero attached hydrogens (tertiary/aromatic N) is 1. The molecule has 2 heterocycles. The topological polar surface area (TPSA) is 55.1 Å². The first-order valence-electron chi connectivity index (χ1n) is 8.06. The summed E-state index contributed by atoms with van der Waals surface area (Å²) in [6.07, 6.45) is 4.47. The van der Waals surface area contributed by atoms with E-state index in [9.17, 15) is 4.79 Å². The molecule has 0 aliphatic rings. The van der Waals surface area contributed by atoms with Crippen LogP contribution >= 0.6 is 0 Å². The molecule has 0 saturated heterocycles. The Labute approximate surface area is 141 Å². The Morgan fingerprint density at radius 2 is 1.96 bits per heavy atom. The molecule has 1 N–H and O–H groups in total. The Morgan fingerprint density at radius 1 is 1.12 bits per heavy atom. The van der Waals surface area contributed by atoms with Crippen molar-refractivity contribution in [2.45, 2.75) is 25.8 Å². The van der Waals surface area contributed by atoms with E-state index in [0.717, 1.165) is 22.6 Å². The third kappa shape index (κ3) is 4.10. The maximum absolute atomic E-state index is 12.1. The van der Waals surface area contributed by atoms with Gasteiger partial charge in [0.05, 0.1) is 6.04 Å². The van der Waals surface area contributed by atoms with Crippen molar-refractivity contribution in [3.05, 3.63) is 78.3 Å². The number of amides is 1. The van der Waals surface area contributed by atoms with Gasteiger partial charge in [0.2, 0.25) is 5.91 Å². The highest BCUT2D eigenvalue weighted by Gasteiger charge is 2.11. The average molecular weight is 320 g/mol. The highest BCUT2D eigenvalue weighted by molar-refractivity contribution is 5.76. The first-order chi connectivity index (χ1) is 11.7. The Bertz CT molecular complexity index is 782. The van der Waals surface area contributed by atoms with Gasteiger partial charge in [-0.05, 0) is 30.7 Å². The van der Waals surface area contributed by atoms with E-state index in [-0.39, 0.29) is 11.9 Å². The van der Waals surface area contributed by atoms with Crippen molar-refractivity contribution in [2.24, 2.45) is 0 Å². The Morgan fingerprint density at radius 3 is 2.71 bits per heavy atom. The zero-order valence-electron chi connectivity index (χ0n) is 13.6. The smallest absolute Gasteiger partial charge is 0.220 e. The fraction of sp³-hybridized carbons (Fsp3) is 0.200. The monoisotopic (exact) mass is 320 g/mol. The summed E-state index contributed by atoms with van der Waals surface area (Å²) in [6.45, 7) is 1.95. The molecule has 24 heavy (non-hydrogen) atoms. The van der Waals surface area contributed by atoms with Gasteiger partial charge in [0.1, 0.15) is 11.5 Å². The molecular formula is C20H20N2O2. The molecule has 1 atom stereocenters. The van der Waals surface area contributed by atoms with Crippen LogP contribution in [0.2, 0.25) is 0 Å². The summed E-state index contributed by atoms with van der Waals surface area (Å²) in [7, 11) is 0. The summed E-state index contributed by atoms with van der Waals surface area (Å²) in [5.41, 5.74) is 2.04. The van der Waals surface area contributed by atoms with Gasteiger partial charge in [0.15, 0.2) is 0 Å². The molecule has 1 unspecified atom stereocenters. The number of rotatable bonds is 6. The lowest BCUT2D eigenvalue weighted by Gasteiger charge is -2.13. The lowest BCUT2D eigenvalue weighted by Crippen LogP contribution is -2.26. The van der Waals surface area contributed by atoms with E-state index in [1.807, 2.05) is 61.5 Å². The van der Waals surface area contributed by atoms with Crippen LogP contribution < -0.4 is 5.32 Å². The second kappa shape index (κ2) is 7.59. The maximum atomic E-state index is 12.1. The molecule has 4 heteroatoms. The van der Waals surface area contributed by atoms with Crippen molar-refractivity contribution in [1.82, 2.24) is 10.3 Å². The number of furan rings is 1. The zero-order valence-corrected chi connectivity index (χ0v) is 13.6. The van der Waals surface area contributed by atoms with Gasteiger partial charge in [-0.25, -0.2) is 0 Å². The molecule has 1 amide bonds. The molecular weight excluding hydrogens is 300 g/mol. The highest BCUT2D eigenvalue weighted by atomic mass is 16.3. The second-order valence-corrected chi connectivity index (χ2v) is 5.71. The molecule has 1 aromatic carbocycles. The first kappa shape index (κ1) is 16.0. The van der Waals surface area contributed by atoms with Crippen molar-refractivity contribution in [3.8, 4) is 11.3 Å². The number of aromatic nitrogens is 1. The number of benzene rings is 1. The van der Waals surface area contributed by atoms with Crippen LogP contribution in [0.3, 0.4) is 0 Å². The summed E-state index contributed by atoms with van der Waals surface area (Å²) >= 11 is 0. The van der Waals surface area contributed by atoms with Crippen LogP contribution in [0.4, 0.5) is 0 Å². The molecule has 3 aromatic rings. The van der Waals surface area contributed by atoms with Gasteiger partial charge in [0, 0.05) is 30.8 Å². The van der Waals surface area contributed by atoms with Gasteiger partial charge < -0.3 is 9.73 Å². The molecule has 0 fully saturated rings. The number of carbonyl (C=O) groups excluding carboxylic acids is 1. The number of aryl methyl sites for hydroxylation is 1. The molecule has 122 valence electrons. The van der Waals surface area contributed by atoms with E-state index >= 15 is 0 Å². The number of pyridine rings is 1. The van der Waals surface area contributed by atoms with Crippen LogP contribution in [-0.4, -0.2) is 10.9 Å². The number of hydrogen-bond donors (Lipinski definition) is 1. The quantitative estimate of drug-likeness (QED) is 0.742. The average Bonchev–Trinajstić information content (AvgIpc) is 3.10. The standard InChI is InChI=1S/C20H20N2O2/c1-15(17-8-5-13-21-14-17)22-20(23)12-10-18-9-11-19(24-18)16-6-3-2-4-7-16/h2-9,11,13-15H,10,12H2,1H3,(H,22,23). The van der Waals surface area contributed by atoms with Gasteiger partial charge >= 0.3 is 0 Å². The van der Waals surface area contributed by atoms with Crippen LogP contribution in [0.25, 0.3) is 11.3 Å². The zero-order chi connectivity index (χ0) is 16.8. The maximum Gasteiger partial charge on any atom is 0.220 e. The summed E-state index contributed by atoms with van der Waals surface area (Å²) in [4.78, 5) is 16.2. The molecule has 2 aromatic heterocycles. The molecule has 0 aliphatic heterocycles. The Kier molecular flexibility index (Phi) is 5.06. The highest BCUT2D eigenvalue weighted by Crippen LogP contribution is 2.22. The first-order valence-corrected chi connectivity index (χ1v) is 8.06. The number of nitrogens with one attached hydrogen (secondary N) is 1. The van der Waals surface area contributed by atoms with Crippen LogP contribution in [0.15, 0.2) is 71.4 Å². The fourth-order valence-corrected chi connectivity index (χ4v) is 2.54. The van der Waals surface area contributed by atoms with E-state index in [2.05, 4.69) is 10.3 Å². The largest absolute Gasteiger partial charge is 0.461 e. The van der Waals surface area contributed by atoms with Crippen LogP contribution in [0, 0.1) is 0 Å². The fourth-order valence-electron chi connectivity index (χ4n) is 2.54. The minimum atomic E-state index is -0.0531. The minimum absolute atomic E-state index is 0.00372. The SMILES string of the molecule is CC(NC(=O)CCc1ccc(-c2ccccc2)o1)c1cccnc1. The van der Waals surface area contributed by atoms with Gasteiger partial charge in [-0.2, -0.15) is 0 Å². The van der Waals surface area contributed by atoms with Crippen molar-refractivity contribution >= 4 is 5.91 Å². The molecule has 0 aliphatic carbocycles. The van der Waals surface area contributed by atoms with Gasteiger partial charge in [-0.3, -0.25) is 9.78 Å². The van der Waals surface area contributed by atoms with E-state index in [4.69, 9.17) is 4.42 Å². The second-order valence-electron chi connectivity index (χ2n) is 5.71. The van der Waals surface area contributed by atoms with Crippen LogP contribution in [0.1, 0.15) is 30.7 Å². The van der Waals surface area contributed by atoms with Crippen molar-refractivity contribution in [3.63, 3.8) is 0 Å². The van der Waals surface area contributed by atoms with Crippen LogP contribution in [0.5, 0.6) is 0 Å². The molecule has 0 saturated carbocycles. The minimum Gasteiger partial charge on any atom is -0.461 e. The predicted octanol–water partition coefficient (Wildman–Crippen LogP) is 4.15. The predicted molar refractivity (Wildman–Crippen MR) is 93.3 cm³/mol. The van der Waals surface area contributed by atoms with E-state index in [1.165, 1.54) is 0 Å². The van der Waals surface area contributed by atoms with Gasteiger partial charge in [-0.1, -0.05) is 36.4 Å². The summed E-state index contributed by atoms with van der Waals surface area (Å²) < 4.78 is 5.82. The molecule has 0 bridgehead atoms. The van der Waals surface area contributed by atoms with E-state index < -0.39 is 0 Å². The lowest BCUT2D eigenvalue weighted by atomic mass is 10.1. The number of carbonyl (C=O) groups is 1. The molecule has 3 rings (SSSR count). The third-order valence-electron chi connectivity index (χ3n) is 3.88.